The third kappa shape index (κ3) is 8.61. The minimum absolute atomic E-state index is 0.222. The van der Waals surface area contributed by atoms with Gasteiger partial charge in [-0.3, -0.25) is 4.79 Å². The molecule has 1 heterocycles. The lowest BCUT2D eigenvalue weighted by Crippen LogP contribution is -2.45. The molecule has 10 nitrogen and oxygen atoms in total. The second-order valence-corrected chi connectivity index (χ2v) is 11.4. The molecule has 0 saturated heterocycles. The predicted molar refractivity (Wildman–Crippen MR) is 180 cm³/mol. The fourth-order valence-corrected chi connectivity index (χ4v) is 5.48. The molecular weight excluding hydrogens is 719 g/mol. The van der Waals surface area contributed by atoms with Crippen molar-refractivity contribution in [2.75, 3.05) is 20.3 Å². The maximum Gasteiger partial charge on any atom is 0.338 e. The molecule has 0 fully saturated rings. The number of para-hydroxylation sites is 1. The number of ether oxygens (including phenoxy) is 4. The summed E-state index contributed by atoms with van der Waals surface area (Å²) in [7, 11) is 1.55. The van der Waals surface area contributed by atoms with Crippen LogP contribution in [0.1, 0.15) is 36.6 Å². The van der Waals surface area contributed by atoms with Crippen molar-refractivity contribution in [3.05, 3.63) is 97.2 Å². The van der Waals surface area contributed by atoms with Crippen molar-refractivity contribution in [1.82, 2.24) is 16.1 Å². The maximum atomic E-state index is 12.7. The number of carbonyl (C=O) groups is 2. The Kier molecular flexibility index (Phi) is 11.8. The first-order chi connectivity index (χ1) is 21.2. The van der Waals surface area contributed by atoms with Crippen LogP contribution in [-0.4, -0.2) is 43.5 Å². The minimum Gasteiger partial charge on any atom is -0.493 e. The summed E-state index contributed by atoms with van der Waals surface area (Å²) in [6.45, 7) is 3.73. The molecule has 230 valence electrons. The molecule has 3 aromatic carbocycles. The van der Waals surface area contributed by atoms with E-state index in [0.717, 1.165) is 9.13 Å². The number of hydrogen-bond acceptors (Lipinski definition) is 8. The fraction of sp³-hybridized carbons (Fsp3) is 0.226. The highest BCUT2D eigenvalue weighted by Crippen LogP contribution is 2.35. The number of halogens is 2. The van der Waals surface area contributed by atoms with Gasteiger partial charge in [-0.1, -0.05) is 41.9 Å². The summed E-state index contributed by atoms with van der Waals surface area (Å²) in [4.78, 5) is 25.4. The number of nitrogens with zero attached hydrogens (tertiary/aromatic N) is 1. The molecule has 0 saturated carbocycles. The van der Waals surface area contributed by atoms with E-state index in [-0.39, 0.29) is 13.2 Å². The van der Waals surface area contributed by atoms with Gasteiger partial charge in [0, 0.05) is 16.3 Å². The molecule has 0 radical (unpaired) electrons. The van der Waals surface area contributed by atoms with E-state index in [1.807, 2.05) is 30.3 Å². The van der Waals surface area contributed by atoms with Crippen LogP contribution in [0.2, 0.25) is 5.02 Å². The van der Waals surface area contributed by atoms with Crippen molar-refractivity contribution in [3.63, 3.8) is 0 Å². The van der Waals surface area contributed by atoms with Gasteiger partial charge in [-0.05, 0) is 90.1 Å². The molecule has 0 aliphatic carbocycles. The van der Waals surface area contributed by atoms with Gasteiger partial charge in [0.15, 0.2) is 23.2 Å². The SMILES string of the molecule is CCOC(=O)C1=C(C)NC(=S)N[C@H]1c1ccccc1OCC(=O)NN=Cc1cc(I)c(OCc2ccc(Cl)cc2)c(OC)c1. The van der Waals surface area contributed by atoms with Crippen LogP contribution in [0.15, 0.2) is 77.0 Å². The van der Waals surface area contributed by atoms with Gasteiger partial charge < -0.3 is 29.6 Å². The van der Waals surface area contributed by atoms with Crippen LogP contribution >= 0.6 is 46.4 Å². The summed E-state index contributed by atoms with van der Waals surface area (Å²) >= 11 is 13.4. The molecule has 13 heteroatoms. The first-order valence-corrected chi connectivity index (χ1v) is 15.3. The lowest BCUT2D eigenvalue weighted by atomic mass is 9.95. The average molecular weight is 749 g/mol. The molecule has 1 amide bonds. The molecule has 0 unspecified atom stereocenters. The number of rotatable bonds is 12. The molecule has 44 heavy (non-hydrogen) atoms. The largest absolute Gasteiger partial charge is 0.493 e. The smallest absolute Gasteiger partial charge is 0.338 e. The number of methoxy groups -OCH3 is 1. The van der Waals surface area contributed by atoms with Gasteiger partial charge in [0.25, 0.3) is 5.91 Å². The van der Waals surface area contributed by atoms with Crippen LogP contribution in [0.25, 0.3) is 0 Å². The van der Waals surface area contributed by atoms with E-state index in [4.69, 9.17) is 42.8 Å². The number of esters is 1. The molecular formula is C31H30ClIN4O6S. The number of carbonyl (C=O) groups excluding carboxylic acids is 2. The molecule has 3 N–H and O–H groups in total. The number of benzene rings is 3. The summed E-state index contributed by atoms with van der Waals surface area (Å²) in [5.41, 5.74) is 5.70. The van der Waals surface area contributed by atoms with Crippen molar-refractivity contribution >= 4 is 69.6 Å². The zero-order chi connectivity index (χ0) is 31.6. The molecule has 1 aliphatic heterocycles. The van der Waals surface area contributed by atoms with Crippen molar-refractivity contribution in [2.45, 2.75) is 26.5 Å². The molecule has 0 aromatic heterocycles. The van der Waals surface area contributed by atoms with Gasteiger partial charge in [-0.25, -0.2) is 10.2 Å². The van der Waals surface area contributed by atoms with Crippen LogP contribution < -0.4 is 30.3 Å². The van der Waals surface area contributed by atoms with Gasteiger partial charge in [0.2, 0.25) is 0 Å². The van der Waals surface area contributed by atoms with Crippen LogP contribution in [0.3, 0.4) is 0 Å². The molecule has 4 rings (SSSR count). The number of nitrogens with one attached hydrogen (secondary N) is 3. The Morgan fingerprint density at radius 2 is 1.86 bits per heavy atom. The van der Waals surface area contributed by atoms with Gasteiger partial charge in [0.1, 0.15) is 12.4 Å². The van der Waals surface area contributed by atoms with Gasteiger partial charge in [-0.2, -0.15) is 5.10 Å². The summed E-state index contributed by atoms with van der Waals surface area (Å²) in [5.74, 6) is 0.558. The van der Waals surface area contributed by atoms with Gasteiger partial charge >= 0.3 is 5.97 Å². The van der Waals surface area contributed by atoms with E-state index >= 15 is 0 Å². The summed E-state index contributed by atoms with van der Waals surface area (Å²) in [6.07, 6.45) is 1.50. The topological polar surface area (TPSA) is 120 Å². The Balaban J connectivity index is 1.39. The van der Waals surface area contributed by atoms with E-state index < -0.39 is 17.9 Å². The van der Waals surface area contributed by atoms with Crippen LogP contribution in [0.5, 0.6) is 17.2 Å². The highest BCUT2D eigenvalue weighted by molar-refractivity contribution is 14.1. The van der Waals surface area contributed by atoms with E-state index in [0.29, 0.717) is 56.4 Å². The Morgan fingerprint density at radius 1 is 1.11 bits per heavy atom. The Morgan fingerprint density at radius 3 is 2.59 bits per heavy atom. The quantitative estimate of drug-likeness (QED) is 0.0734. The molecule has 0 bridgehead atoms. The Hall–Kier alpha value is -3.88. The summed E-state index contributed by atoms with van der Waals surface area (Å²) in [6, 6.07) is 17.5. The lowest BCUT2D eigenvalue weighted by molar-refractivity contribution is -0.139. The summed E-state index contributed by atoms with van der Waals surface area (Å²) in [5, 5.41) is 11.1. The van der Waals surface area contributed by atoms with Crippen LogP contribution in [0.4, 0.5) is 0 Å². The molecule has 1 atom stereocenters. The van der Waals surface area contributed by atoms with E-state index in [1.165, 1.54) is 6.21 Å². The number of hydrazone groups is 1. The van der Waals surface area contributed by atoms with Crippen molar-refractivity contribution < 1.29 is 28.5 Å². The van der Waals surface area contributed by atoms with Crippen molar-refractivity contribution in [3.8, 4) is 17.2 Å². The first-order valence-electron chi connectivity index (χ1n) is 13.4. The Labute approximate surface area is 279 Å². The summed E-state index contributed by atoms with van der Waals surface area (Å²) < 4.78 is 23.4. The third-order valence-corrected chi connectivity index (χ3v) is 7.58. The Bertz CT molecular complexity index is 1600. The van der Waals surface area contributed by atoms with Crippen molar-refractivity contribution in [2.24, 2.45) is 5.10 Å². The lowest BCUT2D eigenvalue weighted by Gasteiger charge is -2.30. The zero-order valence-electron chi connectivity index (χ0n) is 24.1. The molecule has 3 aromatic rings. The monoisotopic (exact) mass is 748 g/mol. The highest BCUT2D eigenvalue weighted by atomic mass is 127. The number of amides is 1. The highest BCUT2D eigenvalue weighted by Gasteiger charge is 2.32. The minimum atomic E-state index is -0.629. The van der Waals surface area contributed by atoms with Crippen molar-refractivity contribution in [1.29, 1.82) is 0 Å². The van der Waals surface area contributed by atoms with Crippen LogP contribution in [0, 0.1) is 3.57 Å². The third-order valence-electron chi connectivity index (χ3n) is 6.30. The normalized spacial score (nSPS) is 14.5. The maximum absolute atomic E-state index is 12.7. The average Bonchev–Trinajstić information content (AvgIpc) is 3.00. The fourth-order valence-electron chi connectivity index (χ4n) is 4.30. The van der Waals surface area contributed by atoms with Gasteiger partial charge in [0.05, 0.1) is 35.1 Å². The van der Waals surface area contributed by atoms with E-state index in [1.54, 1.807) is 51.3 Å². The second-order valence-electron chi connectivity index (χ2n) is 9.36. The van der Waals surface area contributed by atoms with E-state index in [2.05, 4.69) is 43.8 Å². The number of hydrogen-bond donors (Lipinski definition) is 3. The standard InChI is InChI=1S/C31H30ClIN4O6S/c1-4-41-30(39)27-18(2)35-31(44)36-28(27)22-7-5-6-8-24(22)42-17-26(38)37-34-15-20-13-23(33)29(25(14-20)40-3)43-16-19-9-11-21(32)12-10-19/h5-15,28H,4,16-17H2,1-3H3,(H,37,38)(H2,35,36,44)/t28-/m0/s1. The van der Waals surface area contributed by atoms with Gasteiger partial charge in [-0.15, -0.1) is 0 Å². The number of thiocarbonyl (C=S) groups is 1. The predicted octanol–water partition coefficient (Wildman–Crippen LogP) is 5.42. The molecule has 1 aliphatic rings. The second kappa shape index (κ2) is 15.7. The molecule has 0 spiro atoms. The first kappa shape index (κ1) is 33.0. The number of allylic oxidation sites excluding steroid dienone is 1. The zero-order valence-corrected chi connectivity index (χ0v) is 27.8. The van der Waals surface area contributed by atoms with Crippen LogP contribution in [-0.2, 0) is 20.9 Å². The van der Waals surface area contributed by atoms with E-state index in [9.17, 15) is 9.59 Å².